The summed E-state index contributed by atoms with van der Waals surface area (Å²) in [6, 6.07) is 15.5. The second-order valence-corrected chi connectivity index (χ2v) is 6.49. The van der Waals surface area contributed by atoms with Gasteiger partial charge in [-0.15, -0.1) is 0 Å². The maximum absolute atomic E-state index is 13.0. The summed E-state index contributed by atoms with van der Waals surface area (Å²) in [6.45, 7) is 1.25. The Kier molecular flexibility index (Phi) is 4.24. The van der Waals surface area contributed by atoms with Gasteiger partial charge in [-0.3, -0.25) is 9.59 Å². The Morgan fingerprint density at radius 1 is 1.12 bits per heavy atom. The molecule has 1 N–H and O–H groups in total. The predicted octanol–water partition coefficient (Wildman–Crippen LogP) is 1.59. The summed E-state index contributed by atoms with van der Waals surface area (Å²) < 4.78 is 5.80. The van der Waals surface area contributed by atoms with Crippen LogP contribution in [0.5, 0.6) is 5.75 Å². The lowest BCUT2D eigenvalue weighted by Gasteiger charge is -2.35. The first-order chi connectivity index (χ1) is 12.7. The molecule has 0 unspecified atom stereocenters. The van der Waals surface area contributed by atoms with E-state index in [-0.39, 0.29) is 18.4 Å². The molecule has 0 spiro atoms. The fourth-order valence-electron chi connectivity index (χ4n) is 3.60. The number of para-hydroxylation sites is 3. The van der Waals surface area contributed by atoms with Gasteiger partial charge in [0.15, 0.2) is 6.10 Å². The molecule has 26 heavy (non-hydrogen) atoms. The van der Waals surface area contributed by atoms with E-state index in [1.807, 2.05) is 52.3 Å². The Labute approximate surface area is 152 Å². The van der Waals surface area contributed by atoms with Crippen LogP contribution in [0.3, 0.4) is 0 Å². The van der Waals surface area contributed by atoms with E-state index >= 15 is 0 Å². The summed E-state index contributed by atoms with van der Waals surface area (Å²) in [5.74, 6) is 0.466. The molecule has 134 valence electrons. The van der Waals surface area contributed by atoms with Crippen LogP contribution in [0, 0.1) is 0 Å². The largest absolute Gasteiger partial charge is 0.477 e. The van der Waals surface area contributed by atoms with Crippen LogP contribution in [0.1, 0.15) is 5.56 Å². The second kappa shape index (κ2) is 6.71. The molecule has 6 heteroatoms. The number of nitrogens with zero attached hydrogens (tertiary/aromatic N) is 2. The van der Waals surface area contributed by atoms with Crippen LogP contribution in [0.15, 0.2) is 48.5 Å². The highest BCUT2D eigenvalue weighted by atomic mass is 16.5. The fraction of sp³-hybridized carbons (Fsp3) is 0.300. The van der Waals surface area contributed by atoms with Crippen LogP contribution in [0.4, 0.5) is 11.4 Å². The minimum absolute atomic E-state index is 0.0299. The Morgan fingerprint density at radius 2 is 1.85 bits per heavy atom. The highest BCUT2D eigenvalue weighted by Gasteiger charge is 2.33. The molecule has 0 bridgehead atoms. The molecule has 4 rings (SSSR count). The van der Waals surface area contributed by atoms with Gasteiger partial charge in [0, 0.05) is 19.3 Å². The third-order valence-electron chi connectivity index (χ3n) is 4.91. The van der Waals surface area contributed by atoms with Crippen molar-refractivity contribution in [3.05, 3.63) is 54.1 Å². The zero-order valence-electron chi connectivity index (χ0n) is 14.6. The molecule has 2 amide bonds. The lowest BCUT2D eigenvalue weighted by Crippen LogP contribution is -2.51. The number of carbonyl (C=O) groups is 2. The van der Waals surface area contributed by atoms with E-state index in [2.05, 4.69) is 11.4 Å². The molecule has 2 heterocycles. The van der Waals surface area contributed by atoms with Crippen molar-refractivity contribution in [3.63, 3.8) is 0 Å². The van der Waals surface area contributed by atoms with Gasteiger partial charge in [-0.1, -0.05) is 30.3 Å². The van der Waals surface area contributed by atoms with E-state index in [9.17, 15) is 9.59 Å². The molecule has 0 radical (unpaired) electrons. The Hall–Kier alpha value is -3.02. The molecule has 2 aliphatic rings. The molecular formula is C20H21N3O3. The standard InChI is InChI=1S/C20H21N3O3/c1-21-20(25)18-12-22(16-8-4-5-9-17(16)26-18)13-19(24)23-11-10-14-6-2-3-7-15(14)23/h2-9,18H,10-13H2,1H3,(H,21,25)/t18-/m1/s1. The lowest BCUT2D eigenvalue weighted by molar-refractivity contribution is -0.127. The number of rotatable bonds is 3. The summed E-state index contributed by atoms with van der Waals surface area (Å²) in [5, 5.41) is 2.62. The number of likely N-dealkylation sites (N-methyl/N-ethyl adjacent to an activating group) is 1. The van der Waals surface area contributed by atoms with Crippen molar-refractivity contribution in [1.82, 2.24) is 5.32 Å². The van der Waals surface area contributed by atoms with Crippen LogP contribution in [-0.4, -0.2) is 44.6 Å². The highest BCUT2D eigenvalue weighted by Crippen LogP contribution is 2.34. The number of benzene rings is 2. The summed E-state index contributed by atoms with van der Waals surface area (Å²) in [6.07, 6.45) is 0.246. The first-order valence-corrected chi connectivity index (χ1v) is 8.78. The number of hydrogen-bond acceptors (Lipinski definition) is 4. The molecule has 0 saturated heterocycles. The minimum Gasteiger partial charge on any atom is -0.477 e. The van der Waals surface area contributed by atoms with Gasteiger partial charge in [-0.2, -0.15) is 0 Å². The van der Waals surface area contributed by atoms with Gasteiger partial charge in [-0.05, 0) is 30.2 Å². The van der Waals surface area contributed by atoms with E-state index in [1.165, 1.54) is 5.56 Å². The number of amides is 2. The van der Waals surface area contributed by atoms with Gasteiger partial charge in [-0.25, -0.2) is 0 Å². The van der Waals surface area contributed by atoms with Gasteiger partial charge in [0.2, 0.25) is 5.91 Å². The van der Waals surface area contributed by atoms with E-state index < -0.39 is 6.10 Å². The smallest absolute Gasteiger partial charge is 0.262 e. The number of anilines is 2. The number of ether oxygens (including phenoxy) is 1. The molecule has 1 atom stereocenters. The van der Waals surface area contributed by atoms with Crippen LogP contribution in [0.2, 0.25) is 0 Å². The Balaban J connectivity index is 1.57. The molecule has 2 aromatic rings. The Morgan fingerprint density at radius 3 is 2.65 bits per heavy atom. The molecule has 0 aromatic heterocycles. The van der Waals surface area contributed by atoms with E-state index in [0.717, 1.165) is 17.8 Å². The third-order valence-corrected chi connectivity index (χ3v) is 4.91. The maximum Gasteiger partial charge on any atom is 0.262 e. The van der Waals surface area contributed by atoms with Crippen molar-refractivity contribution in [2.75, 3.05) is 36.5 Å². The summed E-state index contributed by atoms with van der Waals surface area (Å²) in [4.78, 5) is 28.8. The summed E-state index contributed by atoms with van der Waals surface area (Å²) >= 11 is 0. The fourth-order valence-corrected chi connectivity index (χ4v) is 3.60. The number of nitrogens with one attached hydrogen (secondary N) is 1. The zero-order valence-corrected chi connectivity index (χ0v) is 14.6. The first kappa shape index (κ1) is 16.4. The number of fused-ring (bicyclic) bond motifs is 2. The highest BCUT2D eigenvalue weighted by molar-refractivity contribution is 5.98. The maximum atomic E-state index is 13.0. The van der Waals surface area contributed by atoms with E-state index in [1.54, 1.807) is 7.05 Å². The van der Waals surface area contributed by atoms with Gasteiger partial charge in [0.05, 0.1) is 18.8 Å². The third kappa shape index (κ3) is 2.87. The number of hydrogen-bond donors (Lipinski definition) is 1. The van der Waals surface area contributed by atoms with Crippen molar-refractivity contribution in [1.29, 1.82) is 0 Å². The van der Waals surface area contributed by atoms with E-state index in [4.69, 9.17) is 4.74 Å². The van der Waals surface area contributed by atoms with Gasteiger partial charge in [0.25, 0.3) is 5.91 Å². The van der Waals surface area contributed by atoms with Crippen LogP contribution >= 0.6 is 0 Å². The van der Waals surface area contributed by atoms with Crippen LogP contribution in [0.25, 0.3) is 0 Å². The summed E-state index contributed by atoms with van der Waals surface area (Å²) in [5.41, 5.74) is 3.03. The van der Waals surface area contributed by atoms with Crippen molar-refractivity contribution in [3.8, 4) is 5.75 Å². The molecule has 2 aromatic carbocycles. The topological polar surface area (TPSA) is 61.9 Å². The normalized spacial score (nSPS) is 18.0. The molecule has 0 fully saturated rings. The SMILES string of the molecule is CNC(=O)[C@H]1CN(CC(=O)N2CCc3ccccc32)c2ccccc2O1. The van der Waals surface area contributed by atoms with Gasteiger partial charge >= 0.3 is 0 Å². The van der Waals surface area contributed by atoms with Crippen molar-refractivity contribution in [2.24, 2.45) is 0 Å². The molecule has 6 nitrogen and oxygen atoms in total. The predicted molar refractivity (Wildman–Crippen MR) is 99.6 cm³/mol. The first-order valence-electron chi connectivity index (χ1n) is 8.78. The minimum atomic E-state index is -0.631. The Bertz CT molecular complexity index is 852. The quantitative estimate of drug-likeness (QED) is 0.912. The summed E-state index contributed by atoms with van der Waals surface area (Å²) in [7, 11) is 1.59. The number of carbonyl (C=O) groups excluding carboxylic acids is 2. The molecular weight excluding hydrogens is 330 g/mol. The molecule has 0 saturated carbocycles. The average Bonchev–Trinajstić information content (AvgIpc) is 3.11. The van der Waals surface area contributed by atoms with Crippen molar-refractivity contribution in [2.45, 2.75) is 12.5 Å². The van der Waals surface area contributed by atoms with Crippen molar-refractivity contribution >= 4 is 23.2 Å². The van der Waals surface area contributed by atoms with Gasteiger partial charge in [0.1, 0.15) is 5.75 Å². The molecule has 2 aliphatic heterocycles. The van der Waals surface area contributed by atoms with Crippen LogP contribution in [-0.2, 0) is 16.0 Å². The average molecular weight is 351 g/mol. The second-order valence-electron chi connectivity index (χ2n) is 6.49. The lowest BCUT2D eigenvalue weighted by atomic mass is 10.1. The van der Waals surface area contributed by atoms with Crippen molar-refractivity contribution < 1.29 is 14.3 Å². The van der Waals surface area contributed by atoms with E-state index in [0.29, 0.717) is 18.8 Å². The molecule has 0 aliphatic carbocycles. The van der Waals surface area contributed by atoms with Crippen LogP contribution < -0.4 is 19.9 Å². The monoisotopic (exact) mass is 351 g/mol. The van der Waals surface area contributed by atoms with Gasteiger partial charge < -0.3 is 19.9 Å². The zero-order chi connectivity index (χ0) is 18.1.